The van der Waals surface area contributed by atoms with Crippen LogP contribution in [0, 0.1) is 11.8 Å². The molecule has 1 fully saturated rings. The normalized spacial score (nSPS) is 27.2. The number of ether oxygens (including phenoxy) is 1. The van der Waals surface area contributed by atoms with Gasteiger partial charge >= 0.3 is 0 Å². The number of nitrogens with one attached hydrogen (secondary N) is 1. The van der Waals surface area contributed by atoms with E-state index in [-0.39, 0.29) is 0 Å². The quantitative estimate of drug-likeness (QED) is 0.524. The summed E-state index contributed by atoms with van der Waals surface area (Å²) >= 11 is 0. The molecule has 0 saturated carbocycles. The van der Waals surface area contributed by atoms with Crippen molar-refractivity contribution in [3.05, 3.63) is 0 Å². The lowest BCUT2D eigenvalue weighted by atomic mass is 9.87. The van der Waals surface area contributed by atoms with Gasteiger partial charge in [-0.1, -0.05) is 20.3 Å². The Morgan fingerprint density at radius 1 is 1.57 bits per heavy atom. The van der Waals surface area contributed by atoms with Gasteiger partial charge < -0.3 is 4.74 Å². The number of hydrogen-bond acceptors (Lipinski definition) is 3. The van der Waals surface area contributed by atoms with E-state index in [1.165, 1.54) is 25.7 Å². The Labute approximate surface area is 87.4 Å². The van der Waals surface area contributed by atoms with Gasteiger partial charge in [-0.15, -0.1) is 0 Å². The van der Waals surface area contributed by atoms with Crippen LogP contribution in [-0.4, -0.2) is 19.3 Å². The van der Waals surface area contributed by atoms with E-state index in [2.05, 4.69) is 19.3 Å². The smallest absolute Gasteiger partial charge is 0.0509 e. The highest BCUT2D eigenvalue weighted by Gasteiger charge is 2.24. The summed E-state index contributed by atoms with van der Waals surface area (Å²) in [5.74, 6) is 6.96. The largest absolute Gasteiger partial charge is 0.381 e. The van der Waals surface area contributed by atoms with Gasteiger partial charge in [0.25, 0.3) is 0 Å². The lowest BCUT2D eigenvalue weighted by Crippen LogP contribution is -2.44. The zero-order valence-corrected chi connectivity index (χ0v) is 9.46. The lowest BCUT2D eigenvalue weighted by molar-refractivity contribution is 0.0355. The number of nitrogens with two attached hydrogens (primary N) is 1. The van der Waals surface area contributed by atoms with Crippen LogP contribution in [0.4, 0.5) is 0 Å². The van der Waals surface area contributed by atoms with E-state index in [9.17, 15) is 0 Å². The molecule has 0 aromatic carbocycles. The molecule has 1 heterocycles. The first kappa shape index (κ1) is 12.0. The molecule has 0 radical (unpaired) electrons. The first-order chi connectivity index (χ1) is 6.77. The van der Waals surface area contributed by atoms with Crippen LogP contribution in [0.5, 0.6) is 0 Å². The zero-order valence-electron chi connectivity index (χ0n) is 9.46. The Balaban J connectivity index is 2.35. The van der Waals surface area contributed by atoms with Gasteiger partial charge in [-0.3, -0.25) is 11.3 Å². The molecule has 1 rings (SSSR count). The zero-order chi connectivity index (χ0) is 10.4. The van der Waals surface area contributed by atoms with Crippen molar-refractivity contribution in [3.8, 4) is 0 Å². The monoisotopic (exact) mass is 200 g/mol. The Hall–Kier alpha value is -0.120. The van der Waals surface area contributed by atoms with Crippen LogP contribution < -0.4 is 11.3 Å². The molecule has 0 aromatic heterocycles. The van der Waals surface area contributed by atoms with Crippen molar-refractivity contribution in [1.82, 2.24) is 5.43 Å². The van der Waals surface area contributed by atoms with Crippen molar-refractivity contribution in [3.63, 3.8) is 0 Å². The first-order valence-corrected chi connectivity index (χ1v) is 5.81. The molecule has 3 atom stereocenters. The Morgan fingerprint density at radius 2 is 2.36 bits per heavy atom. The molecule has 3 N–H and O–H groups in total. The second-order valence-corrected chi connectivity index (χ2v) is 4.50. The van der Waals surface area contributed by atoms with Crippen LogP contribution >= 0.6 is 0 Å². The van der Waals surface area contributed by atoms with Crippen molar-refractivity contribution < 1.29 is 4.74 Å². The molecule has 0 amide bonds. The van der Waals surface area contributed by atoms with Crippen molar-refractivity contribution in [1.29, 1.82) is 0 Å². The van der Waals surface area contributed by atoms with Crippen LogP contribution in [0.25, 0.3) is 0 Å². The third kappa shape index (κ3) is 3.56. The number of hydrogen-bond donors (Lipinski definition) is 2. The molecule has 1 aliphatic heterocycles. The summed E-state index contributed by atoms with van der Waals surface area (Å²) in [5.41, 5.74) is 2.96. The minimum Gasteiger partial charge on any atom is -0.381 e. The molecular formula is C11H24N2O. The van der Waals surface area contributed by atoms with Crippen molar-refractivity contribution in [2.45, 2.75) is 45.6 Å². The molecule has 1 aliphatic rings. The molecule has 3 heteroatoms. The van der Waals surface area contributed by atoms with Gasteiger partial charge in [-0.2, -0.15) is 0 Å². The topological polar surface area (TPSA) is 47.3 Å². The lowest BCUT2D eigenvalue weighted by Gasteiger charge is -2.31. The average Bonchev–Trinajstić information content (AvgIpc) is 2.26. The van der Waals surface area contributed by atoms with Crippen molar-refractivity contribution in [2.24, 2.45) is 17.7 Å². The minimum absolute atomic E-state index is 0.435. The molecule has 1 saturated heterocycles. The summed E-state index contributed by atoms with van der Waals surface area (Å²) in [6.07, 6.45) is 4.83. The highest BCUT2D eigenvalue weighted by atomic mass is 16.5. The fourth-order valence-corrected chi connectivity index (χ4v) is 2.08. The van der Waals surface area contributed by atoms with E-state index >= 15 is 0 Å². The van der Waals surface area contributed by atoms with Gasteiger partial charge in [0, 0.05) is 12.6 Å². The second kappa shape index (κ2) is 6.38. The molecule has 0 aromatic rings. The summed E-state index contributed by atoms with van der Waals surface area (Å²) in [6.45, 7) is 6.33. The van der Waals surface area contributed by atoms with Gasteiger partial charge in [-0.05, 0) is 31.1 Å². The van der Waals surface area contributed by atoms with Crippen LogP contribution in [0.15, 0.2) is 0 Å². The summed E-state index contributed by atoms with van der Waals surface area (Å²) < 4.78 is 5.48. The van der Waals surface area contributed by atoms with Crippen molar-refractivity contribution >= 4 is 0 Å². The van der Waals surface area contributed by atoms with E-state index in [0.29, 0.717) is 12.0 Å². The van der Waals surface area contributed by atoms with Crippen LogP contribution in [0.1, 0.15) is 39.5 Å². The number of rotatable bonds is 5. The Bertz CT molecular complexity index is 146. The van der Waals surface area contributed by atoms with E-state index in [0.717, 1.165) is 19.1 Å². The highest BCUT2D eigenvalue weighted by Crippen LogP contribution is 2.22. The van der Waals surface area contributed by atoms with Crippen LogP contribution in [-0.2, 0) is 4.74 Å². The first-order valence-electron chi connectivity index (χ1n) is 5.81. The third-order valence-corrected chi connectivity index (χ3v) is 3.33. The number of hydrazine groups is 1. The Kier molecular flexibility index (Phi) is 5.45. The van der Waals surface area contributed by atoms with Crippen LogP contribution in [0.3, 0.4) is 0 Å². The molecule has 3 unspecified atom stereocenters. The average molecular weight is 200 g/mol. The van der Waals surface area contributed by atoms with E-state index in [1.54, 1.807) is 0 Å². The standard InChI is InChI=1S/C11H24N2O/c1-3-9(2)7-11(13-12)10-5-4-6-14-8-10/h9-11,13H,3-8,12H2,1-2H3. The molecule has 0 bridgehead atoms. The molecular weight excluding hydrogens is 176 g/mol. The van der Waals surface area contributed by atoms with Gasteiger partial charge in [0.15, 0.2) is 0 Å². The summed E-state index contributed by atoms with van der Waals surface area (Å²) in [6, 6.07) is 0.435. The Morgan fingerprint density at radius 3 is 2.86 bits per heavy atom. The molecule has 0 aliphatic carbocycles. The highest BCUT2D eigenvalue weighted by molar-refractivity contribution is 4.78. The van der Waals surface area contributed by atoms with Gasteiger partial charge in [0.2, 0.25) is 0 Å². The minimum atomic E-state index is 0.435. The van der Waals surface area contributed by atoms with E-state index < -0.39 is 0 Å². The second-order valence-electron chi connectivity index (χ2n) is 4.50. The van der Waals surface area contributed by atoms with Gasteiger partial charge in [-0.25, -0.2) is 0 Å². The molecule has 14 heavy (non-hydrogen) atoms. The summed E-state index contributed by atoms with van der Waals surface area (Å²) in [4.78, 5) is 0. The molecule has 0 spiro atoms. The fraction of sp³-hybridized carbons (Fsp3) is 1.00. The maximum atomic E-state index is 5.60. The van der Waals surface area contributed by atoms with E-state index in [4.69, 9.17) is 10.6 Å². The van der Waals surface area contributed by atoms with Crippen molar-refractivity contribution in [2.75, 3.05) is 13.2 Å². The summed E-state index contributed by atoms with van der Waals surface area (Å²) in [7, 11) is 0. The molecule has 84 valence electrons. The maximum absolute atomic E-state index is 5.60. The predicted octanol–water partition coefficient (Wildman–Crippen LogP) is 1.68. The molecule has 3 nitrogen and oxygen atoms in total. The van der Waals surface area contributed by atoms with E-state index in [1.807, 2.05) is 0 Å². The third-order valence-electron chi connectivity index (χ3n) is 3.33. The SMILES string of the molecule is CCC(C)CC(NN)C1CCCOC1. The predicted molar refractivity (Wildman–Crippen MR) is 58.7 cm³/mol. The van der Waals surface area contributed by atoms with Gasteiger partial charge in [0.05, 0.1) is 6.61 Å². The fourth-order valence-electron chi connectivity index (χ4n) is 2.08. The summed E-state index contributed by atoms with van der Waals surface area (Å²) in [5, 5.41) is 0. The van der Waals surface area contributed by atoms with Crippen LogP contribution in [0.2, 0.25) is 0 Å². The van der Waals surface area contributed by atoms with Gasteiger partial charge in [0.1, 0.15) is 0 Å². The maximum Gasteiger partial charge on any atom is 0.0509 e.